The quantitative estimate of drug-likeness (QED) is 0.673. The molecule has 0 bridgehead atoms. The average molecular weight is 423 g/mol. The summed E-state index contributed by atoms with van der Waals surface area (Å²) >= 11 is 0. The molecule has 1 saturated carbocycles. The van der Waals surface area contributed by atoms with Gasteiger partial charge >= 0.3 is 0 Å². The van der Waals surface area contributed by atoms with Gasteiger partial charge in [-0.05, 0) is 62.6 Å². The van der Waals surface area contributed by atoms with Crippen LogP contribution in [0.15, 0.2) is 23.1 Å². The maximum atomic E-state index is 13.4. The zero-order valence-corrected chi connectivity index (χ0v) is 18.1. The number of aliphatic hydroxyl groups excluding tert-OH is 1. The van der Waals surface area contributed by atoms with E-state index in [1.807, 2.05) is 28.6 Å². The Balaban J connectivity index is 1.57. The Hall–Kier alpha value is -2.67. The smallest absolute Gasteiger partial charge is 0.259 e. The van der Waals surface area contributed by atoms with E-state index in [1.165, 1.54) is 12.8 Å². The summed E-state index contributed by atoms with van der Waals surface area (Å²) in [4.78, 5) is 31.0. The Bertz CT molecular complexity index is 1180. The summed E-state index contributed by atoms with van der Waals surface area (Å²) in [7, 11) is 0. The van der Waals surface area contributed by atoms with Crippen molar-refractivity contribution in [1.82, 2.24) is 19.7 Å². The molecular weight excluding hydrogens is 392 g/mol. The highest BCUT2D eigenvalue weighted by atomic mass is 16.3. The minimum absolute atomic E-state index is 0.0492. The van der Waals surface area contributed by atoms with Crippen LogP contribution in [0.1, 0.15) is 66.9 Å². The SMILES string of the molecule is Cc1cc2[nH]c(=O)c3cnn(C4CCCC4)c3c2cc1C(=O)N1CCC(CCO)CC1. The molecule has 31 heavy (non-hydrogen) atoms. The number of carbonyl (C=O) groups excluding carboxylic acids is 1. The fourth-order valence-electron chi connectivity index (χ4n) is 5.43. The van der Waals surface area contributed by atoms with Gasteiger partial charge in [0.1, 0.15) is 0 Å². The van der Waals surface area contributed by atoms with Gasteiger partial charge in [-0.15, -0.1) is 0 Å². The number of benzene rings is 1. The fraction of sp³-hybridized carbons (Fsp3) is 0.542. The first kappa shape index (κ1) is 20.2. The predicted octanol–water partition coefficient (Wildman–Crippen LogP) is 3.54. The lowest BCUT2D eigenvalue weighted by atomic mass is 9.93. The maximum absolute atomic E-state index is 13.4. The van der Waals surface area contributed by atoms with Gasteiger partial charge in [0.25, 0.3) is 11.5 Å². The second kappa shape index (κ2) is 8.11. The van der Waals surface area contributed by atoms with E-state index in [9.17, 15) is 14.7 Å². The third-order valence-electron chi connectivity index (χ3n) is 7.25. The molecule has 7 heteroatoms. The summed E-state index contributed by atoms with van der Waals surface area (Å²) in [5.41, 5.74) is 3.04. The molecule has 0 radical (unpaired) electrons. The van der Waals surface area contributed by atoms with Crippen LogP contribution < -0.4 is 5.56 Å². The number of piperidine rings is 1. The van der Waals surface area contributed by atoms with Crippen molar-refractivity contribution in [2.75, 3.05) is 19.7 Å². The molecule has 2 N–H and O–H groups in total. The molecule has 1 aliphatic heterocycles. The molecule has 2 aromatic heterocycles. The number of hydrogen-bond donors (Lipinski definition) is 2. The van der Waals surface area contributed by atoms with Crippen molar-refractivity contribution in [3.05, 3.63) is 39.8 Å². The van der Waals surface area contributed by atoms with E-state index < -0.39 is 0 Å². The summed E-state index contributed by atoms with van der Waals surface area (Å²) in [6.07, 6.45) is 8.87. The normalized spacial score (nSPS) is 18.5. The Morgan fingerprint density at radius 2 is 1.90 bits per heavy atom. The highest BCUT2D eigenvalue weighted by Gasteiger charge is 2.26. The van der Waals surface area contributed by atoms with Crippen LogP contribution in [0.2, 0.25) is 0 Å². The number of carbonyl (C=O) groups is 1. The molecule has 7 nitrogen and oxygen atoms in total. The number of aromatic nitrogens is 3. The van der Waals surface area contributed by atoms with Crippen LogP contribution >= 0.6 is 0 Å². The topological polar surface area (TPSA) is 91.2 Å². The predicted molar refractivity (Wildman–Crippen MR) is 120 cm³/mol. The molecule has 3 heterocycles. The van der Waals surface area contributed by atoms with Crippen LogP contribution in [0.4, 0.5) is 0 Å². The van der Waals surface area contributed by atoms with Crippen molar-refractivity contribution in [3.63, 3.8) is 0 Å². The highest BCUT2D eigenvalue weighted by Crippen LogP contribution is 2.34. The summed E-state index contributed by atoms with van der Waals surface area (Å²) in [6.45, 7) is 3.59. The number of nitrogens with zero attached hydrogens (tertiary/aromatic N) is 3. The molecule has 1 amide bonds. The number of amides is 1. The zero-order chi connectivity index (χ0) is 21.5. The lowest BCUT2D eigenvalue weighted by Crippen LogP contribution is -2.39. The monoisotopic (exact) mass is 422 g/mol. The van der Waals surface area contributed by atoms with Gasteiger partial charge in [0.05, 0.1) is 28.7 Å². The van der Waals surface area contributed by atoms with Crippen LogP contribution in [0, 0.1) is 12.8 Å². The van der Waals surface area contributed by atoms with E-state index >= 15 is 0 Å². The second-order valence-electron chi connectivity index (χ2n) is 9.20. The van der Waals surface area contributed by atoms with E-state index in [1.54, 1.807) is 6.20 Å². The van der Waals surface area contributed by atoms with Crippen molar-refractivity contribution >= 4 is 27.7 Å². The fourth-order valence-corrected chi connectivity index (χ4v) is 5.43. The maximum Gasteiger partial charge on any atom is 0.259 e. The number of H-pyrrole nitrogens is 1. The van der Waals surface area contributed by atoms with Gasteiger partial charge in [-0.3, -0.25) is 14.3 Å². The number of rotatable bonds is 4. The largest absolute Gasteiger partial charge is 0.396 e. The van der Waals surface area contributed by atoms with Gasteiger partial charge in [-0.1, -0.05) is 12.8 Å². The van der Waals surface area contributed by atoms with Crippen LogP contribution in [0.25, 0.3) is 21.8 Å². The number of aromatic amines is 1. The van der Waals surface area contributed by atoms with Crippen molar-refractivity contribution in [2.45, 2.75) is 57.9 Å². The zero-order valence-electron chi connectivity index (χ0n) is 18.1. The molecule has 0 spiro atoms. The molecule has 0 atom stereocenters. The first-order chi connectivity index (χ1) is 15.1. The standard InChI is InChI=1S/C24H30N4O3/c1-15-12-21-19(13-18(15)24(31)27-9-6-16(7-10-27)8-11-29)22-20(23(30)26-21)14-25-28(22)17-4-2-3-5-17/h12-14,16-17,29H,2-11H2,1H3,(H,26,30). The van der Waals surface area contributed by atoms with Crippen molar-refractivity contribution < 1.29 is 9.90 Å². The van der Waals surface area contributed by atoms with E-state index in [2.05, 4.69) is 10.1 Å². The third-order valence-corrected chi connectivity index (χ3v) is 7.25. The lowest BCUT2D eigenvalue weighted by Gasteiger charge is -2.32. The molecule has 2 fully saturated rings. The number of aliphatic hydroxyl groups is 1. The summed E-state index contributed by atoms with van der Waals surface area (Å²) < 4.78 is 2.02. The highest BCUT2D eigenvalue weighted by molar-refractivity contribution is 6.07. The van der Waals surface area contributed by atoms with Crippen molar-refractivity contribution in [1.29, 1.82) is 0 Å². The Labute approximate surface area is 181 Å². The van der Waals surface area contributed by atoms with Gasteiger partial charge in [0, 0.05) is 30.6 Å². The Morgan fingerprint density at radius 1 is 1.16 bits per heavy atom. The first-order valence-electron chi connectivity index (χ1n) is 11.5. The van der Waals surface area contributed by atoms with Gasteiger partial charge in [0.15, 0.2) is 0 Å². The van der Waals surface area contributed by atoms with Crippen molar-refractivity contribution in [2.24, 2.45) is 5.92 Å². The molecule has 0 unspecified atom stereocenters. The van der Waals surface area contributed by atoms with E-state index in [-0.39, 0.29) is 18.1 Å². The van der Waals surface area contributed by atoms with Crippen LogP contribution in [-0.4, -0.2) is 50.4 Å². The number of hydrogen-bond acceptors (Lipinski definition) is 4. The van der Waals surface area contributed by atoms with Crippen LogP contribution in [-0.2, 0) is 0 Å². The summed E-state index contributed by atoms with van der Waals surface area (Å²) in [6, 6.07) is 4.19. The Morgan fingerprint density at radius 3 is 2.61 bits per heavy atom. The molecule has 1 aliphatic carbocycles. The number of nitrogens with one attached hydrogen (secondary N) is 1. The first-order valence-corrected chi connectivity index (χ1v) is 11.5. The van der Waals surface area contributed by atoms with Crippen LogP contribution in [0.5, 0.6) is 0 Å². The summed E-state index contributed by atoms with van der Waals surface area (Å²) in [5.74, 6) is 0.547. The van der Waals surface area contributed by atoms with Gasteiger partial charge in [0.2, 0.25) is 0 Å². The van der Waals surface area contributed by atoms with E-state index in [4.69, 9.17) is 0 Å². The van der Waals surface area contributed by atoms with Crippen molar-refractivity contribution in [3.8, 4) is 0 Å². The van der Waals surface area contributed by atoms with E-state index in [0.29, 0.717) is 22.9 Å². The molecule has 164 valence electrons. The molecular formula is C24H30N4O3. The molecule has 5 rings (SSSR count). The number of fused-ring (bicyclic) bond motifs is 3. The number of aryl methyl sites for hydroxylation is 1. The number of pyridine rings is 1. The van der Waals surface area contributed by atoms with E-state index in [0.717, 1.165) is 67.2 Å². The molecule has 1 saturated heterocycles. The lowest BCUT2D eigenvalue weighted by molar-refractivity contribution is 0.0677. The van der Waals surface area contributed by atoms with Crippen LogP contribution in [0.3, 0.4) is 0 Å². The summed E-state index contributed by atoms with van der Waals surface area (Å²) in [5, 5.41) is 15.2. The minimum atomic E-state index is -0.129. The van der Waals surface area contributed by atoms with Gasteiger partial charge in [-0.25, -0.2) is 0 Å². The number of likely N-dealkylation sites (tertiary alicyclic amines) is 1. The van der Waals surface area contributed by atoms with Gasteiger partial charge in [-0.2, -0.15) is 5.10 Å². The average Bonchev–Trinajstić information content (AvgIpc) is 3.44. The molecule has 1 aromatic carbocycles. The Kier molecular flexibility index (Phi) is 5.30. The van der Waals surface area contributed by atoms with Gasteiger partial charge < -0.3 is 15.0 Å². The molecule has 2 aliphatic rings. The molecule has 3 aromatic rings. The second-order valence-corrected chi connectivity index (χ2v) is 9.20. The third kappa shape index (κ3) is 3.55. The minimum Gasteiger partial charge on any atom is -0.396 e.